The molecule has 0 amide bonds. The third kappa shape index (κ3) is 5.28. The topological polar surface area (TPSA) is 24.5 Å². The molecule has 1 aliphatic heterocycles. The van der Waals surface area contributed by atoms with Gasteiger partial charge in [0.25, 0.3) is 0 Å². The van der Waals surface area contributed by atoms with Gasteiger partial charge in [0.05, 0.1) is 0 Å². The molecule has 0 aromatic heterocycles. The molecule has 0 aromatic carbocycles. The highest BCUT2D eigenvalue weighted by Crippen LogP contribution is 2.21. The third-order valence-electron chi connectivity index (χ3n) is 3.73. The van der Waals surface area contributed by atoms with Gasteiger partial charge in [-0.2, -0.15) is 0 Å². The molecule has 0 bridgehead atoms. The van der Waals surface area contributed by atoms with E-state index in [1.54, 1.807) is 7.11 Å². The Balaban J connectivity index is 1.97. The number of piperidine rings is 1. The smallest absolute Gasteiger partial charge is 0.0474 e. The summed E-state index contributed by atoms with van der Waals surface area (Å²) in [4.78, 5) is 2.59. The summed E-state index contributed by atoms with van der Waals surface area (Å²) in [6.07, 6.45) is 2.48. The lowest BCUT2D eigenvalue weighted by Crippen LogP contribution is -2.41. The van der Waals surface area contributed by atoms with Gasteiger partial charge in [0.15, 0.2) is 0 Å². The van der Waals surface area contributed by atoms with Crippen LogP contribution in [0.1, 0.15) is 26.7 Å². The van der Waals surface area contributed by atoms with Gasteiger partial charge in [-0.3, -0.25) is 0 Å². The summed E-state index contributed by atoms with van der Waals surface area (Å²) in [5.74, 6) is 1.77. The number of likely N-dealkylation sites (tertiary alicyclic amines) is 1. The molecule has 3 heteroatoms. The number of nitrogens with zero attached hydrogens (tertiary/aromatic N) is 1. The summed E-state index contributed by atoms with van der Waals surface area (Å²) in [6, 6.07) is 0. The SMILES string of the molecule is COCCCNCCN1CCC(C)C(C)C1. The number of rotatable bonds is 7. The molecule has 2 unspecified atom stereocenters. The summed E-state index contributed by atoms with van der Waals surface area (Å²) in [7, 11) is 1.76. The highest BCUT2D eigenvalue weighted by atomic mass is 16.5. The van der Waals surface area contributed by atoms with Crippen LogP contribution in [-0.4, -0.2) is 51.3 Å². The van der Waals surface area contributed by atoms with Gasteiger partial charge in [0, 0.05) is 33.4 Å². The monoisotopic (exact) mass is 228 g/mol. The zero-order valence-corrected chi connectivity index (χ0v) is 11.2. The fourth-order valence-electron chi connectivity index (χ4n) is 2.26. The van der Waals surface area contributed by atoms with E-state index in [0.29, 0.717) is 0 Å². The van der Waals surface area contributed by atoms with Crippen molar-refractivity contribution in [1.82, 2.24) is 10.2 Å². The van der Waals surface area contributed by atoms with Crippen LogP contribution in [0.4, 0.5) is 0 Å². The first-order chi connectivity index (χ1) is 7.74. The van der Waals surface area contributed by atoms with Crippen LogP contribution in [0.25, 0.3) is 0 Å². The molecule has 0 spiro atoms. The summed E-state index contributed by atoms with van der Waals surface area (Å²) >= 11 is 0. The van der Waals surface area contributed by atoms with Gasteiger partial charge < -0.3 is 15.0 Å². The van der Waals surface area contributed by atoms with E-state index < -0.39 is 0 Å². The van der Waals surface area contributed by atoms with Crippen molar-refractivity contribution in [2.75, 3.05) is 46.4 Å². The molecule has 1 heterocycles. The Labute approximate surface area is 101 Å². The zero-order valence-electron chi connectivity index (χ0n) is 11.2. The molecule has 0 aliphatic carbocycles. The van der Waals surface area contributed by atoms with Crippen LogP contribution in [0.15, 0.2) is 0 Å². The van der Waals surface area contributed by atoms with E-state index >= 15 is 0 Å². The predicted molar refractivity (Wildman–Crippen MR) is 68.7 cm³/mol. The van der Waals surface area contributed by atoms with Crippen LogP contribution >= 0.6 is 0 Å². The second-order valence-electron chi connectivity index (χ2n) is 5.14. The van der Waals surface area contributed by atoms with E-state index in [2.05, 4.69) is 24.1 Å². The van der Waals surface area contributed by atoms with Gasteiger partial charge in [-0.05, 0) is 37.8 Å². The number of hydrogen-bond donors (Lipinski definition) is 1. The fourth-order valence-corrected chi connectivity index (χ4v) is 2.26. The number of methoxy groups -OCH3 is 1. The largest absolute Gasteiger partial charge is 0.385 e. The van der Waals surface area contributed by atoms with Crippen molar-refractivity contribution in [3.63, 3.8) is 0 Å². The maximum absolute atomic E-state index is 5.01. The maximum atomic E-state index is 5.01. The van der Waals surface area contributed by atoms with Gasteiger partial charge in [-0.15, -0.1) is 0 Å². The molecule has 0 radical (unpaired) electrons. The summed E-state index contributed by atoms with van der Waals surface area (Å²) in [5.41, 5.74) is 0. The van der Waals surface area contributed by atoms with Crippen molar-refractivity contribution >= 4 is 0 Å². The second kappa shape index (κ2) is 8.04. The molecule has 1 rings (SSSR count). The van der Waals surface area contributed by atoms with E-state index in [-0.39, 0.29) is 0 Å². The third-order valence-corrected chi connectivity index (χ3v) is 3.73. The van der Waals surface area contributed by atoms with Crippen molar-refractivity contribution in [1.29, 1.82) is 0 Å². The van der Waals surface area contributed by atoms with Gasteiger partial charge in [-0.25, -0.2) is 0 Å². The molecule has 1 aliphatic rings. The fraction of sp³-hybridized carbons (Fsp3) is 1.00. The van der Waals surface area contributed by atoms with Gasteiger partial charge >= 0.3 is 0 Å². The average Bonchev–Trinajstić information content (AvgIpc) is 2.28. The lowest BCUT2D eigenvalue weighted by atomic mass is 9.89. The lowest BCUT2D eigenvalue weighted by molar-refractivity contribution is 0.138. The summed E-state index contributed by atoms with van der Waals surface area (Å²) in [5, 5.41) is 3.47. The van der Waals surface area contributed by atoms with Crippen LogP contribution < -0.4 is 5.32 Å². The number of hydrogen-bond acceptors (Lipinski definition) is 3. The zero-order chi connectivity index (χ0) is 11.8. The van der Waals surface area contributed by atoms with Crippen molar-refractivity contribution in [3.8, 4) is 0 Å². The summed E-state index contributed by atoms with van der Waals surface area (Å²) in [6.45, 7) is 11.6. The Kier molecular flexibility index (Phi) is 7.01. The van der Waals surface area contributed by atoms with E-state index in [9.17, 15) is 0 Å². The molecule has 2 atom stereocenters. The average molecular weight is 228 g/mol. The van der Waals surface area contributed by atoms with Crippen molar-refractivity contribution in [2.45, 2.75) is 26.7 Å². The summed E-state index contributed by atoms with van der Waals surface area (Å²) < 4.78 is 5.01. The Morgan fingerprint density at radius 3 is 2.75 bits per heavy atom. The standard InChI is InChI=1S/C13H28N2O/c1-12-5-8-15(11-13(12)2)9-7-14-6-4-10-16-3/h12-14H,4-11H2,1-3H3. The Bertz CT molecular complexity index is 175. The van der Waals surface area contributed by atoms with Crippen LogP contribution in [0.3, 0.4) is 0 Å². The van der Waals surface area contributed by atoms with E-state index in [0.717, 1.165) is 38.0 Å². The maximum Gasteiger partial charge on any atom is 0.0474 e. The van der Waals surface area contributed by atoms with Crippen molar-refractivity contribution in [3.05, 3.63) is 0 Å². The first kappa shape index (κ1) is 13.9. The van der Waals surface area contributed by atoms with Gasteiger partial charge in [-0.1, -0.05) is 13.8 Å². The van der Waals surface area contributed by atoms with Crippen LogP contribution in [-0.2, 0) is 4.74 Å². The first-order valence-electron chi connectivity index (χ1n) is 6.66. The molecule has 3 nitrogen and oxygen atoms in total. The molecule has 16 heavy (non-hydrogen) atoms. The molecular weight excluding hydrogens is 200 g/mol. The highest BCUT2D eigenvalue weighted by Gasteiger charge is 2.21. The van der Waals surface area contributed by atoms with Gasteiger partial charge in [0.2, 0.25) is 0 Å². The van der Waals surface area contributed by atoms with E-state index in [4.69, 9.17) is 4.74 Å². The quantitative estimate of drug-likeness (QED) is 0.670. The normalized spacial score (nSPS) is 27.2. The number of nitrogens with one attached hydrogen (secondary N) is 1. The minimum atomic E-state index is 0.863. The van der Waals surface area contributed by atoms with Crippen molar-refractivity contribution in [2.24, 2.45) is 11.8 Å². The van der Waals surface area contributed by atoms with Gasteiger partial charge in [0.1, 0.15) is 0 Å². The minimum Gasteiger partial charge on any atom is -0.385 e. The Morgan fingerprint density at radius 1 is 1.25 bits per heavy atom. The Hall–Kier alpha value is -0.120. The van der Waals surface area contributed by atoms with Crippen molar-refractivity contribution < 1.29 is 4.74 Å². The minimum absolute atomic E-state index is 0.863. The van der Waals surface area contributed by atoms with Crippen LogP contribution in [0.2, 0.25) is 0 Å². The van der Waals surface area contributed by atoms with Crippen LogP contribution in [0.5, 0.6) is 0 Å². The molecule has 1 N–H and O–H groups in total. The molecule has 1 fully saturated rings. The molecular formula is C13H28N2O. The highest BCUT2D eigenvalue weighted by molar-refractivity contribution is 4.75. The predicted octanol–water partition coefficient (Wildman–Crippen LogP) is 1.59. The Morgan fingerprint density at radius 2 is 2.06 bits per heavy atom. The van der Waals surface area contributed by atoms with E-state index in [1.807, 2.05) is 0 Å². The molecule has 1 saturated heterocycles. The second-order valence-corrected chi connectivity index (χ2v) is 5.14. The molecule has 0 aromatic rings. The lowest BCUT2D eigenvalue weighted by Gasteiger charge is -2.35. The van der Waals surface area contributed by atoms with E-state index in [1.165, 1.54) is 26.1 Å². The first-order valence-corrected chi connectivity index (χ1v) is 6.66. The molecule has 0 saturated carbocycles. The number of ether oxygens (including phenoxy) is 1. The molecule has 96 valence electrons. The van der Waals surface area contributed by atoms with Crippen LogP contribution in [0, 0.1) is 11.8 Å².